The Morgan fingerprint density at radius 2 is 1.78 bits per heavy atom. The van der Waals surface area contributed by atoms with Crippen molar-refractivity contribution in [2.45, 2.75) is 24.4 Å². The molecule has 2 N–H and O–H groups in total. The average molecular weight is 475 g/mol. The van der Waals surface area contributed by atoms with Crippen molar-refractivity contribution in [3.05, 3.63) is 59.6 Å². The third-order valence-electron chi connectivity index (χ3n) is 3.85. The van der Waals surface area contributed by atoms with Crippen LogP contribution in [0.1, 0.15) is 17.0 Å². The molecule has 10 nitrogen and oxygen atoms in total. The van der Waals surface area contributed by atoms with Crippen molar-refractivity contribution in [2.75, 3.05) is 0 Å². The molecule has 32 heavy (non-hydrogen) atoms. The summed E-state index contributed by atoms with van der Waals surface area (Å²) >= 11 is 0. The smallest absolute Gasteiger partial charge is 0.443 e. The monoisotopic (exact) mass is 475 g/mol. The number of aromatic nitrogens is 3. The maximum absolute atomic E-state index is 14.0. The number of sulfonamides is 1. The van der Waals surface area contributed by atoms with Gasteiger partial charge in [-0.15, -0.1) is 5.12 Å². The van der Waals surface area contributed by atoms with Gasteiger partial charge in [-0.25, -0.2) is 23.3 Å². The first kappa shape index (κ1) is 23.1. The van der Waals surface area contributed by atoms with Crippen LogP contribution in [0.15, 0.2) is 52.1 Å². The normalized spacial score (nSPS) is 11.9. The Labute approximate surface area is 177 Å². The predicted octanol–water partition coefficient (Wildman–Crippen LogP) is 2.82. The first-order valence-corrected chi connectivity index (χ1v) is 10.1. The van der Waals surface area contributed by atoms with Crippen LogP contribution < -0.4 is 5.14 Å². The third-order valence-corrected chi connectivity index (χ3v) is 4.68. The van der Waals surface area contributed by atoms with E-state index < -0.39 is 34.7 Å². The van der Waals surface area contributed by atoms with Crippen molar-refractivity contribution < 1.29 is 40.1 Å². The number of primary sulfonamides is 1. The van der Waals surface area contributed by atoms with Crippen LogP contribution in [0.4, 0.5) is 22.4 Å². The van der Waals surface area contributed by atoms with E-state index in [1.807, 2.05) is 0 Å². The zero-order chi connectivity index (χ0) is 23.5. The molecule has 0 radical (unpaired) electrons. The minimum absolute atomic E-state index is 0.191. The van der Waals surface area contributed by atoms with Crippen molar-refractivity contribution in [1.82, 2.24) is 20.2 Å². The fraction of sp³-hybridized carbons (Fsp3) is 0.176. The molecule has 0 fully saturated rings. The van der Waals surface area contributed by atoms with Crippen molar-refractivity contribution in [3.63, 3.8) is 0 Å². The number of pyridine rings is 1. The number of nitrogens with two attached hydrogens (primary N) is 1. The minimum atomic E-state index is -4.78. The molecule has 3 rings (SSSR count). The molecular formula is C17H13F4N5O5S. The Kier molecular flexibility index (Phi) is 6.40. The van der Waals surface area contributed by atoms with Gasteiger partial charge in [-0.2, -0.15) is 18.2 Å². The first-order chi connectivity index (χ1) is 14.9. The summed E-state index contributed by atoms with van der Waals surface area (Å²) in [5.41, 5.74) is 0.783. The number of halogens is 4. The Hall–Kier alpha value is -3.59. The number of hydrogen-bond donors (Lipinski definition) is 1. The van der Waals surface area contributed by atoms with E-state index in [4.69, 9.17) is 9.88 Å². The van der Waals surface area contributed by atoms with Crippen molar-refractivity contribution in [3.8, 4) is 11.4 Å². The van der Waals surface area contributed by atoms with Gasteiger partial charge in [0.05, 0.1) is 6.54 Å². The van der Waals surface area contributed by atoms with E-state index in [0.29, 0.717) is 11.1 Å². The fourth-order valence-corrected chi connectivity index (χ4v) is 2.78. The van der Waals surface area contributed by atoms with E-state index >= 15 is 0 Å². The van der Waals surface area contributed by atoms with Gasteiger partial charge >= 0.3 is 18.2 Å². The van der Waals surface area contributed by atoms with E-state index in [0.717, 1.165) is 12.3 Å². The van der Waals surface area contributed by atoms with Gasteiger partial charge in [-0.1, -0.05) is 40.0 Å². The molecular weight excluding hydrogens is 462 g/mol. The molecule has 0 aliphatic rings. The van der Waals surface area contributed by atoms with Gasteiger partial charge in [-0.3, -0.25) is 0 Å². The molecule has 2 heterocycles. The number of ether oxygens (including phenoxy) is 1. The lowest BCUT2D eigenvalue weighted by atomic mass is 10.1. The lowest BCUT2D eigenvalue weighted by Gasteiger charge is -2.12. The predicted molar refractivity (Wildman–Crippen MR) is 97.2 cm³/mol. The zero-order valence-electron chi connectivity index (χ0n) is 15.8. The highest BCUT2D eigenvalue weighted by molar-refractivity contribution is 7.89. The number of amides is 1. The number of rotatable bonds is 6. The maximum atomic E-state index is 14.0. The molecule has 15 heteroatoms. The van der Waals surface area contributed by atoms with Crippen LogP contribution in [0.2, 0.25) is 0 Å². The number of benzene rings is 1. The third kappa shape index (κ3) is 5.76. The topological polar surface area (TPSA) is 142 Å². The van der Waals surface area contributed by atoms with Crippen LogP contribution in [-0.4, -0.2) is 34.8 Å². The number of hydrogen-bond acceptors (Lipinski definition) is 8. The van der Waals surface area contributed by atoms with E-state index in [2.05, 4.69) is 19.6 Å². The molecule has 0 atom stereocenters. The highest BCUT2D eigenvalue weighted by Gasteiger charge is 2.38. The largest absolute Gasteiger partial charge is 0.471 e. The van der Waals surface area contributed by atoms with E-state index in [-0.39, 0.29) is 28.1 Å². The van der Waals surface area contributed by atoms with Crippen LogP contribution in [-0.2, 0) is 34.1 Å². The summed E-state index contributed by atoms with van der Waals surface area (Å²) in [6, 6.07) is 7.78. The van der Waals surface area contributed by atoms with E-state index in [1.54, 1.807) is 0 Å². The van der Waals surface area contributed by atoms with Crippen LogP contribution >= 0.6 is 0 Å². The molecule has 0 aliphatic carbocycles. The number of carbonyl (C=O) groups is 1. The van der Waals surface area contributed by atoms with Crippen LogP contribution in [0, 0.1) is 0 Å². The molecule has 0 unspecified atom stereocenters. The van der Waals surface area contributed by atoms with Gasteiger partial charge in [0, 0.05) is 17.3 Å². The molecule has 2 aromatic heterocycles. The number of nitrogens with zero attached hydrogens (tertiary/aromatic N) is 4. The van der Waals surface area contributed by atoms with Crippen molar-refractivity contribution in [2.24, 2.45) is 5.14 Å². The summed E-state index contributed by atoms with van der Waals surface area (Å²) in [7, 11) is -3.98. The molecule has 1 aromatic carbocycles. The summed E-state index contributed by atoms with van der Waals surface area (Å²) < 4.78 is 82.8. The van der Waals surface area contributed by atoms with E-state index in [1.165, 1.54) is 30.3 Å². The standard InChI is InChI=1S/C17H13F4N5O5S/c18-17(19,20)15-24-14(25-31-15)12-4-1-10(2-5-12)8-26(21)16(27)30-9-11-3-6-13(23-7-11)32(22,28)29/h1-7H,8-9H2,(H2,22,28,29). The quantitative estimate of drug-likeness (QED) is 0.424. The Morgan fingerprint density at radius 3 is 2.31 bits per heavy atom. The van der Waals surface area contributed by atoms with Crippen molar-refractivity contribution >= 4 is 16.1 Å². The Bertz CT molecular complexity index is 1200. The minimum Gasteiger partial charge on any atom is -0.443 e. The summed E-state index contributed by atoms with van der Waals surface area (Å²) in [5.74, 6) is -1.80. The SMILES string of the molecule is NS(=O)(=O)c1ccc(COC(=O)N(F)Cc2ccc(-c3noc(C(F)(F)F)n3)cc2)cn1. The van der Waals surface area contributed by atoms with E-state index in [9.17, 15) is 30.9 Å². The second-order valence-corrected chi connectivity index (χ2v) is 7.75. The fourth-order valence-electron chi connectivity index (χ4n) is 2.32. The molecule has 0 spiro atoms. The highest BCUT2D eigenvalue weighted by atomic mass is 32.2. The molecule has 170 valence electrons. The molecule has 0 bridgehead atoms. The molecule has 1 amide bonds. The van der Waals surface area contributed by atoms with Gasteiger partial charge < -0.3 is 9.26 Å². The highest BCUT2D eigenvalue weighted by Crippen LogP contribution is 2.29. The molecule has 0 aliphatic heterocycles. The van der Waals surface area contributed by atoms with Gasteiger partial charge in [0.1, 0.15) is 6.61 Å². The summed E-state index contributed by atoms with van der Waals surface area (Å²) in [6.07, 6.45) is -4.99. The maximum Gasteiger partial charge on any atom is 0.471 e. The number of carbonyl (C=O) groups excluding carboxylic acids is 1. The Morgan fingerprint density at radius 1 is 1.12 bits per heavy atom. The second-order valence-electron chi connectivity index (χ2n) is 6.24. The summed E-state index contributed by atoms with van der Waals surface area (Å²) in [4.78, 5) is 18.6. The van der Waals surface area contributed by atoms with Gasteiger partial charge in [0.25, 0.3) is 10.0 Å². The van der Waals surface area contributed by atoms with Crippen LogP contribution in [0.5, 0.6) is 0 Å². The average Bonchev–Trinajstić information content (AvgIpc) is 3.23. The van der Waals surface area contributed by atoms with Gasteiger partial charge in [0.2, 0.25) is 5.82 Å². The molecule has 0 saturated carbocycles. The van der Waals surface area contributed by atoms with Crippen LogP contribution in [0.25, 0.3) is 11.4 Å². The summed E-state index contributed by atoms with van der Waals surface area (Å²) in [5, 5.41) is 7.55. The van der Waals surface area contributed by atoms with Gasteiger partial charge in [0.15, 0.2) is 5.03 Å². The van der Waals surface area contributed by atoms with Crippen LogP contribution in [0.3, 0.4) is 0 Å². The first-order valence-electron chi connectivity index (χ1n) is 8.51. The molecule has 0 saturated heterocycles. The molecule has 3 aromatic rings. The lowest BCUT2D eigenvalue weighted by molar-refractivity contribution is -0.159. The second kappa shape index (κ2) is 8.88. The zero-order valence-corrected chi connectivity index (χ0v) is 16.6. The van der Waals surface area contributed by atoms with Gasteiger partial charge in [-0.05, 0) is 11.6 Å². The van der Waals surface area contributed by atoms with Crippen molar-refractivity contribution in [1.29, 1.82) is 0 Å². The summed E-state index contributed by atoms with van der Waals surface area (Å²) in [6.45, 7) is -0.892. The Balaban J connectivity index is 1.55. The lowest BCUT2D eigenvalue weighted by Crippen LogP contribution is -2.23. The number of alkyl halides is 3.